The van der Waals surface area contributed by atoms with Gasteiger partial charge in [0.05, 0.1) is 24.8 Å². The molecule has 4 rings (SSSR count). The van der Waals surface area contributed by atoms with Crippen molar-refractivity contribution >= 4 is 34.7 Å². The van der Waals surface area contributed by atoms with E-state index in [2.05, 4.69) is 0 Å². The van der Waals surface area contributed by atoms with Crippen LogP contribution in [0.5, 0.6) is 11.5 Å². The Morgan fingerprint density at radius 3 is 2.28 bits per heavy atom. The van der Waals surface area contributed by atoms with Gasteiger partial charge in [0, 0.05) is 16.3 Å². The van der Waals surface area contributed by atoms with E-state index in [-0.39, 0.29) is 11.3 Å². The minimum Gasteiger partial charge on any atom is -0.507 e. The number of aliphatic hydroxyl groups is 1. The Morgan fingerprint density at radius 1 is 0.972 bits per heavy atom. The monoisotopic (exact) mass is 505 g/mol. The van der Waals surface area contributed by atoms with Gasteiger partial charge in [-0.25, -0.2) is 0 Å². The van der Waals surface area contributed by atoms with E-state index >= 15 is 0 Å². The number of halogens is 1. The fraction of sp³-hybridized carbons (Fsp3) is 0.241. The second-order valence-electron chi connectivity index (χ2n) is 8.48. The first-order valence-corrected chi connectivity index (χ1v) is 12.3. The van der Waals surface area contributed by atoms with Crippen LogP contribution in [0.2, 0.25) is 5.02 Å². The molecule has 1 fully saturated rings. The molecule has 0 saturated carbocycles. The van der Waals surface area contributed by atoms with Crippen LogP contribution in [0.3, 0.4) is 0 Å². The summed E-state index contributed by atoms with van der Waals surface area (Å²) >= 11 is 6.06. The molecule has 1 atom stereocenters. The lowest BCUT2D eigenvalue weighted by Crippen LogP contribution is -2.29. The Balaban J connectivity index is 1.85. The van der Waals surface area contributed by atoms with Crippen molar-refractivity contribution in [1.82, 2.24) is 0 Å². The van der Waals surface area contributed by atoms with Gasteiger partial charge >= 0.3 is 0 Å². The summed E-state index contributed by atoms with van der Waals surface area (Å²) in [6.07, 6.45) is 0.872. The van der Waals surface area contributed by atoms with Crippen LogP contribution in [0, 0.1) is 6.92 Å². The second-order valence-corrected chi connectivity index (χ2v) is 8.91. The van der Waals surface area contributed by atoms with Crippen LogP contribution in [-0.4, -0.2) is 30.0 Å². The molecule has 0 aliphatic carbocycles. The van der Waals surface area contributed by atoms with Crippen LogP contribution in [-0.2, 0) is 9.59 Å². The number of hydrogen-bond donors (Lipinski definition) is 1. The molecular weight excluding hydrogens is 478 g/mol. The Kier molecular flexibility index (Phi) is 7.65. The third kappa shape index (κ3) is 4.95. The van der Waals surface area contributed by atoms with Crippen LogP contribution in [0.4, 0.5) is 5.69 Å². The minimum absolute atomic E-state index is 0.0146. The summed E-state index contributed by atoms with van der Waals surface area (Å²) in [5.74, 6) is -0.349. The highest BCUT2D eigenvalue weighted by Gasteiger charge is 2.47. The second kappa shape index (κ2) is 10.9. The van der Waals surface area contributed by atoms with Crippen molar-refractivity contribution in [3.63, 3.8) is 0 Å². The van der Waals surface area contributed by atoms with Gasteiger partial charge < -0.3 is 14.6 Å². The number of anilines is 1. The molecule has 1 heterocycles. The van der Waals surface area contributed by atoms with Crippen LogP contribution in [0.1, 0.15) is 43.0 Å². The number of benzene rings is 3. The first kappa shape index (κ1) is 25.3. The van der Waals surface area contributed by atoms with E-state index in [1.54, 1.807) is 66.7 Å². The smallest absolute Gasteiger partial charge is 0.300 e. The zero-order valence-electron chi connectivity index (χ0n) is 20.5. The SMILES string of the molecule is CCCOc1ccc(/C(O)=C2/C(=O)C(=O)N(c3ccc(Cl)cc3)C2c2ccc(OCC)cc2)cc1C. The number of carbonyl (C=O) groups excluding carboxylic acids is 2. The third-order valence-corrected chi connectivity index (χ3v) is 6.22. The fourth-order valence-electron chi connectivity index (χ4n) is 4.26. The molecule has 0 aromatic heterocycles. The predicted molar refractivity (Wildman–Crippen MR) is 141 cm³/mol. The molecule has 1 saturated heterocycles. The predicted octanol–water partition coefficient (Wildman–Crippen LogP) is 6.46. The molecule has 186 valence electrons. The highest BCUT2D eigenvalue weighted by molar-refractivity contribution is 6.51. The van der Waals surface area contributed by atoms with Crippen molar-refractivity contribution in [1.29, 1.82) is 0 Å². The van der Waals surface area contributed by atoms with E-state index in [0.29, 0.717) is 46.5 Å². The molecule has 36 heavy (non-hydrogen) atoms. The molecule has 7 heteroatoms. The normalized spacial score (nSPS) is 16.9. The number of aliphatic hydroxyl groups excluding tert-OH is 1. The van der Waals surface area contributed by atoms with Crippen molar-refractivity contribution in [2.45, 2.75) is 33.2 Å². The third-order valence-electron chi connectivity index (χ3n) is 5.97. The number of carbonyl (C=O) groups is 2. The molecule has 1 aliphatic heterocycles. The Hall–Kier alpha value is -3.77. The lowest BCUT2D eigenvalue weighted by Gasteiger charge is -2.25. The quantitative estimate of drug-likeness (QED) is 0.216. The zero-order valence-corrected chi connectivity index (χ0v) is 21.2. The molecule has 1 N–H and O–H groups in total. The Labute approximate surface area is 215 Å². The summed E-state index contributed by atoms with van der Waals surface area (Å²) < 4.78 is 11.3. The summed E-state index contributed by atoms with van der Waals surface area (Å²) in [4.78, 5) is 28.0. The molecule has 0 radical (unpaired) electrons. The maximum Gasteiger partial charge on any atom is 0.300 e. The number of rotatable bonds is 8. The molecule has 3 aromatic rings. The van der Waals surface area contributed by atoms with Gasteiger partial charge in [-0.05, 0) is 86.0 Å². The molecule has 0 spiro atoms. The van der Waals surface area contributed by atoms with Gasteiger partial charge in [-0.1, -0.05) is 30.7 Å². The van der Waals surface area contributed by atoms with E-state index < -0.39 is 17.7 Å². The molecule has 1 unspecified atom stereocenters. The summed E-state index contributed by atoms with van der Waals surface area (Å²) in [6, 6.07) is 18.2. The first-order chi connectivity index (χ1) is 17.3. The summed E-state index contributed by atoms with van der Waals surface area (Å²) in [5.41, 5.74) is 2.42. The van der Waals surface area contributed by atoms with Crippen molar-refractivity contribution < 1.29 is 24.2 Å². The van der Waals surface area contributed by atoms with Crippen LogP contribution in [0.25, 0.3) is 5.76 Å². The first-order valence-electron chi connectivity index (χ1n) is 11.9. The van der Waals surface area contributed by atoms with Crippen molar-refractivity contribution in [3.05, 3.63) is 94.0 Å². The van der Waals surface area contributed by atoms with E-state index in [0.717, 1.165) is 12.0 Å². The fourth-order valence-corrected chi connectivity index (χ4v) is 4.38. The number of Topliss-reactive ketones (excluding diaryl/α,β-unsaturated/α-hetero) is 1. The average Bonchev–Trinajstić information content (AvgIpc) is 3.14. The molecule has 3 aromatic carbocycles. The van der Waals surface area contributed by atoms with Crippen LogP contribution < -0.4 is 14.4 Å². The van der Waals surface area contributed by atoms with E-state index in [4.69, 9.17) is 21.1 Å². The lowest BCUT2D eigenvalue weighted by molar-refractivity contribution is -0.132. The molecule has 6 nitrogen and oxygen atoms in total. The Morgan fingerprint density at radius 2 is 1.67 bits per heavy atom. The van der Waals surface area contributed by atoms with Crippen LogP contribution >= 0.6 is 11.6 Å². The van der Waals surface area contributed by atoms with Crippen molar-refractivity contribution in [2.24, 2.45) is 0 Å². The summed E-state index contributed by atoms with van der Waals surface area (Å²) in [5, 5.41) is 11.9. The zero-order chi connectivity index (χ0) is 25.8. The lowest BCUT2D eigenvalue weighted by atomic mass is 9.94. The number of aryl methyl sites for hydroxylation is 1. The van der Waals surface area contributed by atoms with Crippen molar-refractivity contribution in [2.75, 3.05) is 18.1 Å². The minimum atomic E-state index is -0.835. The molecular formula is C29H28ClNO5. The summed E-state index contributed by atoms with van der Waals surface area (Å²) in [6.45, 7) is 6.88. The highest BCUT2D eigenvalue weighted by Crippen LogP contribution is 2.43. The van der Waals surface area contributed by atoms with Gasteiger partial charge in [-0.2, -0.15) is 0 Å². The van der Waals surface area contributed by atoms with Gasteiger partial charge in [0.15, 0.2) is 0 Å². The summed E-state index contributed by atoms with van der Waals surface area (Å²) in [7, 11) is 0. The molecule has 1 aliphatic rings. The van der Waals surface area contributed by atoms with Gasteiger partial charge in [-0.3, -0.25) is 14.5 Å². The largest absolute Gasteiger partial charge is 0.507 e. The van der Waals surface area contributed by atoms with Gasteiger partial charge in [0.1, 0.15) is 17.3 Å². The van der Waals surface area contributed by atoms with Gasteiger partial charge in [0.25, 0.3) is 11.7 Å². The highest BCUT2D eigenvalue weighted by atomic mass is 35.5. The number of hydrogen-bond acceptors (Lipinski definition) is 5. The van der Waals surface area contributed by atoms with Crippen molar-refractivity contribution in [3.8, 4) is 11.5 Å². The van der Waals surface area contributed by atoms with Gasteiger partial charge in [-0.15, -0.1) is 0 Å². The molecule has 0 bridgehead atoms. The van der Waals surface area contributed by atoms with E-state index in [1.165, 1.54) is 4.90 Å². The Bertz CT molecular complexity index is 1300. The number of ketones is 1. The maximum absolute atomic E-state index is 13.3. The van der Waals surface area contributed by atoms with E-state index in [9.17, 15) is 14.7 Å². The average molecular weight is 506 g/mol. The number of nitrogens with zero attached hydrogens (tertiary/aromatic N) is 1. The van der Waals surface area contributed by atoms with Crippen LogP contribution in [0.15, 0.2) is 72.3 Å². The number of amides is 1. The van der Waals surface area contributed by atoms with E-state index in [1.807, 2.05) is 20.8 Å². The van der Waals surface area contributed by atoms with Gasteiger partial charge in [0.2, 0.25) is 0 Å². The topological polar surface area (TPSA) is 76.1 Å². The number of ether oxygens (including phenoxy) is 2. The molecule has 1 amide bonds. The standard InChI is InChI=1S/C29H28ClNO5/c1-4-16-36-24-15-8-20(17-18(24)3)27(32)25-26(19-6-13-23(14-7-19)35-5-2)31(29(34)28(25)33)22-11-9-21(30)10-12-22/h6-15,17,26,32H,4-5,16H2,1-3H3/b27-25-. The maximum atomic E-state index is 13.3.